The van der Waals surface area contributed by atoms with Crippen LogP contribution in [-0.2, 0) is 0 Å². The van der Waals surface area contributed by atoms with Gasteiger partial charge in [0, 0.05) is 6.07 Å². The lowest BCUT2D eigenvalue weighted by Crippen LogP contribution is -2.12. The standard InChI is InChI=1S/C9H10N2O3/c1-12-6-3-8-7(13-4-14-8)2-5(6)9(10)11/h2-3H,4H2,1H3,(H3,10,11). The molecule has 74 valence electrons. The summed E-state index contributed by atoms with van der Waals surface area (Å²) in [4.78, 5) is 0. The molecule has 1 heterocycles. The number of nitrogens with one attached hydrogen (secondary N) is 1. The summed E-state index contributed by atoms with van der Waals surface area (Å²) in [6.45, 7) is 0.194. The van der Waals surface area contributed by atoms with Gasteiger partial charge >= 0.3 is 0 Å². The highest BCUT2D eigenvalue weighted by molar-refractivity contribution is 5.98. The molecule has 0 saturated carbocycles. The largest absolute Gasteiger partial charge is 0.496 e. The molecule has 2 rings (SSSR count). The summed E-state index contributed by atoms with van der Waals surface area (Å²) in [5, 5.41) is 7.34. The summed E-state index contributed by atoms with van der Waals surface area (Å²) in [6.07, 6.45) is 0. The van der Waals surface area contributed by atoms with Crippen LogP contribution in [0.25, 0.3) is 0 Å². The van der Waals surface area contributed by atoms with E-state index >= 15 is 0 Å². The van der Waals surface area contributed by atoms with Crippen LogP contribution in [0.15, 0.2) is 12.1 Å². The molecule has 3 N–H and O–H groups in total. The molecule has 0 saturated heterocycles. The van der Waals surface area contributed by atoms with Gasteiger partial charge in [-0.25, -0.2) is 0 Å². The average Bonchev–Trinajstić information content (AvgIpc) is 2.62. The number of nitrogen functional groups attached to an aromatic ring is 1. The maximum atomic E-state index is 7.34. The zero-order valence-corrected chi connectivity index (χ0v) is 7.66. The first kappa shape index (κ1) is 8.68. The second-order valence-corrected chi connectivity index (χ2v) is 2.82. The summed E-state index contributed by atoms with van der Waals surface area (Å²) in [7, 11) is 1.52. The van der Waals surface area contributed by atoms with Gasteiger partial charge in [-0.15, -0.1) is 0 Å². The Balaban J connectivity index is 2.54. The number of fused-ring (bicyclic) bond motifs is 1. The lowest BCUT2D eigenvalue weighted by molar-refractivity contribution is 0.174. The van der Waals surface area contributed by atoms with Crippen LogP contribution in [0, 0.1) is 5.41 Å². The van der Waals surface area contributed by atoms with Crippen molar-refractivity contribution in [2.75, 3.05) is 13.9 Å². The van der Waals surface area contributed by atoms with Crippen LogP contribution < -0.4 is 19.9 Å². The van der Waals surface area contributed by atoms with Gasteiger partial charge in [0.25, 0.3) is 0 Å². The third-order valence-corrected chi connectivity index (χ3v) is 1.98. The van der Waals surface area contributed by atoms with E-state index in [4.69, 9.17) is 25.4 Å². The Labute approximate surface area is 80.9 Å². The van der Waals surface area contributed by atoms with Crippen molar-refractivity contribution in [3.63, 3.8) is 0 Å². The van der Waals surface area contributed by atoms with Gasteiger partial charge in [0.05, 0.1) is 12.7 Å². The van der Waals surface area contributed by atoms with E-state index in [1.165, 1.54) is 7.11 Å². The maximum Gasteiger partial charge on any atom is 0.231 e. The van der Waals surface area contributed by atoms with Gasteiger partial charge in [-0.2, -0.15) is 0 Å². The van der Waals surface area contributed by atoms with E-state index in [1.54, 1.807) is 12.1 Å². The zero-order valence-electron chi connectivity index (χ0n) is 7.66. The Hall–Kier alpha value is -1.91. The van der Waals surface area contributed by atoms with E-state index in [1.807, 2.05) is 0 Å². The minimum atomic E-state index is -0.0554. The van der Waals surface area contributed by atoms with Crippen LogP contribution in [0.1, 0.15) is 5.56 Å². The van der Waals surface area contributed by atoms with Crippen LogP contribution >= 0.6 is 0 Å². The Morgan fingerprint density at radius 3 is 2.64 bits per heavy atom. The lowest BCUT2D eigenvalue weighted by atomic mass is 10.1. The van der Waals surface area contributed by atoms with Gasteiger partial charge in [0.15, 0.2) is 11.5 Å². The van der Waals surface area contributed by atoms with Crippen molar-refractivity contribution in [3.05, 3.63) is 17.7 Å². The molecule has 1 aliphatic heterocycles. The summed E-state index contributed by atoms with van der Waals surface area (Å²) in [5.74, 6) is 1.67. The number of hydrogen-bond donors (Lipinski definition) is 2. The molecular weight excluding hydrogens is 184 g/mol. The van der Waals surface area contributed by atoms with E-state index in [0.29, 0.717) is 22.8 Å². The van der Waals surface area contributed by atoms with Crippen molar-refractivity contribution in [1.82, 2.24) is 0 Å². The molecule has 0 unspecified atom stereocenters. The molecule has 0 amide bonds. The molecule has 0 radical (unpaired) electrons. The van der Waals surface area contributed by atoms with Crippen molar-refractivity contribution < 1.29 is 14.2 Å². The molecule has 0 aliphatic carbocycles. The summed E-state index contributed by atoms with van der Waals surface area (Å²) < 4.78 is 15.4. The van der Waals surface area contributed by atoms with Crippen molar-refractivity contribution in [3.8, 4) is 17.2 Å². The number of hydrogen-bond acceptors (Lipinski definition) is 4. The number of amidine groups is 1. The Morgan fingerprint density at radius 1 is 1.43 bits per heavy atom. The van der Waals surface area contributed by atoms with Gasteiger partial charge in [0.2, 0.25) is 6.79 Å². The van der Waals surface area contributed by atoms with E-state index in [9.17, 15) is 0 Å². The van der Waals surface area contributed by atoms with Crippen LogP contribution in [0.5, 0.6) is 17.2 Å². The minimum absolute atomic E-state index is 0.0554. The predicted molar refractivity (Wildman–Crippen MR) is 50.1 cm³/mol. The lowest BCUT2D eigenvalue weighted by Gasteiger charge is -2.07. The van der Waals surface area contributed by atoms with Gasteiger partial charge in [-0.3, -0.25) is 5.41 Å². The van der Waals surface area contributed by atoms with E-state index in [-0.39, 0.29) is 12.6 Å². The topological polar surface area (TPSA) is 77.6 Å². The van der Waals surface area contributed by atoms with Gasteiger partial charge < -0.3 is 19.9 Å². The van der Waals surface area contributed by atoms with Crippen LogP contribution in [0.3, 0.4) is 0 Å². The first-order chi connectivity index (χ1) is 6.72. The molecule has 0 spiro atoms. The SMILES string of the molecule is COc1cc2c(cc1C(=N)N)OCO2. The third kappa shape index (κ3) is 1.22. The molecule has 1 aliphatic rings. The number of methoxy groups -OCH3 is 1. The Bertz CT molecular complexity index is 390. The highest BCUT2D eigenvalue weighted by Gasteiger charge is 2.18. The monoisotopic (exact) mass is 194 g/mol. The molecule has 5 nitrogen and oxygen atoms in total. The summed E-state index contributed by atoms with van der Waals surface area (Å²) in [6, 6.07) is 3.31. The second kappa shape index (κ2) is 3.10. The maximum absolute atomic E-state index is 7.34. The molecule has 1 aromatic carbocycles. The highest BCUT2D eigenvalue weighted by Crippen LogP contribution is 2.37. The molecule has 0 aromatic heterocycles. The molecule has 0 atom stereocenters. The van der Waals surface area contributed by atoms with E-state index < -0.39 is 0 Å². The first-order valence-electron chi connectivity index (χ1n) is 4.04. The molecule has 1 aromatic rings. The molecule has 0 fully saturated rings. The van der Waals surface area contributed by atoms with Crippen LogP contribution in [-0.4, -0.2) is 19.7 Å². The van der Waals surface area contributed by atoms with E-state index in [2.05, 4.69) is 0 Å². The predicted octanol–water partition coefficient (Wildman–Crippen LogP) is 0.708. The molecule has 14 heavy (non-hydrogen) atoms. The van der Waals surface area contributed by atoms with Crippen molar-refractivity contribution in [1.29, 1.82) is 5.41 Å². The quantitative estimate of drug-likeness (QED) is 0.536. The molecule has 5 heteroatoms. The Kier molecular flexibility index (Phi) is 1.92. The van der Waals surface area contributed by atoms with Crippen molar-refractivity contribution >= 4 is 5.84 Å². The van der Waals surface area contributed by atoms with Gasteiger partial charge in [-0.05, 0) is 6.07 Å². The minimum Gasteiger partial charge on any atom is -0.496 e. The fourth-order valence-electron chi connectivity index (χ4n) is 1.30. The number of nitrogens with two attached hydrogens (primary N) is 1. The van der Waals surface area contributed by atoms with Crippen molar-refractivity contribution in [2.45, 2.75) is 0 Å². The van der Waals surface area contributed by atoms with Crippen LogP contribution in [0.2, 0.25) is 0 Å². The third-order valence-electron chi connectivity index (χ3n) is 1.98. The van der Waals surface area contributed by atoms with Crippen molar-refractivity contribution in [2.24, 2.45) is 5.73 Å². The Morgan fingerprint density at radius 2 is 2.07 bits per heavy atom. The fraction of sp³-hybridized carbons (Fsp3) is 0.222. The number of benzene rings is 1. The highest BCUT2D eigenvalue weighted by atomic mass is 16.7. The van der Waals surface area contributed by atoms with Gasteiger partial charge in [0.1, 0.15) is 11.6 Å². The molecule has 0 bridgehead atoms. The second-order valence-electron chi connectivity index (χ2n) is 2.82. The average molecular weight is 194 g/mol. The summed E-state index contributed by atoms with van der Waals surface area (Å²) >= 11 is 0. The zero-order chi connectivity index (χ0) is 10.1. The van der Waals surface area contributed by atoms with E-state index in [0.717, 1.165) is 0 Å². The first-order valence-corrected chi connectivity index (χ1v) is 4.04. The smallest absolute Gasteiger partial charge is 0.231 e. The summed E-state index contributed by atoms with van der Waals surface area (Å²) in [5.41, 5.74) is 5.90. The molecular formula is C9H10N2O3. The van der Waals surface area contributed by atoms with Crippen LogP contribution in [0.4, 0.5) is 0 Å². The van der Waals surface area contributed by atoms with Gasteiger partial charge in [-0.1, -0.05) is 0 Å². The normalized spacial score (nSPS) is 12.6. The number of rotatable bonds is 2. The number of ether oxygens (including phenoxy) is 3. The fourth-order valence-corrected chi connectivity index (χ4v) is 1.30.